The minimum absolute atomic E-state index is 0.910. The largest absolute Gasteiger partial charge is 0.497 e. The molecule has 0 aliphatic carbocycles. The van der Waals surface area contributed by atoms with Crippen molar-refractivity contribution in [1.82, 2.24) is 0 Å². The molecule has 3 nitrogen and oxygen atoms in total. The van der Waals surface area contributed by atoms with E-state index in [9.17, 15) is 0 Å². The summed E-state index contributed by atoms with van der Waals surface area (Å²) in [5.41, 5.74) is 11.7. The minimum Gasteiger partial charge on any atom is -0.497 e. The van der Waals surface area contributed by atoms with Crippen LogP contribution in [-0.4, -0.2) is 21.2 Å². The van der Waals surface area contributed by atoms with E-state index >= 15 is 0 Å². The number of rotatable bonds is 3. The smallest absolute Gasteiger partial charge is 0.118 e. The highest BCUT2D eigenvalue weighted by atomic mass is 16.5. The average molecular weight is 338 g/mol. The second kappa shape index (κ2) is 16.2. The summed E-state index contributed by atoms with van der Waals surface area (Å²) < 4.78 is 4.91. The number of nitrogens with two attached hydrogens (primary N) is 2. The maximum Gasteiger partial charge on any atom is 0.118 e. The summed E-state index contributed by atoms with van der Waals surface area (Å²) in [4.78, 5) is 0. The molecule has 3 rings (SSSR count). The van der Waals surface area contributed by atoms with Gasteiger partial charge in [-0.25, -0.2) is 0 Å². The van der Waals surface area contributed by atoms with Crippen LogP contribution >= 0.6 is 0 Å². The number of hydrogen-bond donors (Lipinski definition) is 2. The molecule has 0 unspecified atom stereocenters. The quantitative estimate of drug-likeness (QED) is 0.755. The van der Waals surface area contributed by atoms with Crippen molar-refractivity contribution in [3.8, 4) is 5.75 Å². The van der Waals surface area contributed by atoms with Crippen LogP contribution in [0.1, 0.15) is 11.1 Å². The zero-order valence-corrected chi connectivity index (χ0v) is 15.4. The Bertz CT molecular complexity index is 576. The molecule has 3 aromatic rings. The van der Waals surface area contributed by atoms with E-state index in [1.165, 1.54) is 25.2 Å². The van der Waals surface area contributed by atoms with Gasteiger partial charge < -0.3 is 16.2 Å². The van der Waals surface area contributed by atoms with Crippen LogP contribution in [0, 0.1) is 0 Å². The first kappa shape index (κ1) is 22.4. The van der Waals surface area contributed by atoms with E-state index in [1.54, 1.807) is 7.11 Å². The van der Waals surface area contributed by atoms with Crippen LogP contribution in [0.5, 0.6) is 5.75 Å². The first-order valence-corrected chi connectivity index (χ1v) is 8.21. The van der Waals surface area contributed by atoms with Gasteiger partial charge in [-0.2, -0.15) is 0 Å². The first-order valence-electron chi connectivity index (χ1n) is 8.21. The molecule has 0 saturated heterocycles. The maximum absolute atomic E-state index is 4.91. The summed E-state index contributed by atoms with van der Waals surface area (Å²) in [6.07, 6.45) is 1.03. The Labute approximate surface area is 152 Å². The summed E-state index contributed by atoms with van der Waals surface area (Å²) in [7, 11) is 4.66. The maximum atomic E-state index is 4.91. The normalized spacial score (nSPS) is 8.36. The fourth-order valence-corrected chi connectivity index (χ4v) is 1.98. The van der Waals surface area contributed by atoms with E-state index in [4.69, 9.17) is 4.74 Å². The predicted octanol–water partition coefficient (Wildman–Crippen LogP) is 4.12. The van der Waals surface area contributed by atoms with Crippen molar-refractivity contribution in [2.75, 3.05) is 21.2 Å². The number of para-hydroxylation sites is 1. The Hall–Kier alpha value is -2.62. The molecule has 0 aromatic heterocycles. The van der Waals surface area contributed by atoms with Crippen molar-refractivity contribution in [1.29, 1.82) is 0 Å². The van der Waals surface area contributed by atoms with Gasteiger partial charge in [-0.15, -0.1) is 0 Å². The van der Waals surface area contributed by atoms with Gasteiger partial charge in [-0.3, -0.25) is 0 Å². The zero-order valence-electron chi connectivity index (χ0n) is 15.4. The Morgan fingerprint density at radius 1 is 0.560 bits per heavy atom. The number of methoxy groups -OCH3 is 1. The van der Waals surface area contributed by atoms with Crippen LogP contribution in [-0.2, 0) is 6.42 Å². The van der Waals surface area contributed by atoms with Crippen molar-refractivity contribution in [2.24, 2.45) is 11.5 Å². The molecule has 3 aromatic carbocycles. The lowest BCUT2D eigenvalue weighted by Crippen LogP contribution is -1.85. The van der Waals surface area contributed by atoms with Crippen LogP contribution in [0.25, 0.3) is 0 Å². The van der Waals surface area contributed by atoms with Crippen LogP contribution in [0.2, 0.25) is 0 Å². The van der Waals surface area contributed by atoms with Crippen LogP contribution in [0.15, 0.2) is 91.0 Å². The summed E-state index contributed by atoms with van der Waals surface area (Å²) >= 11 is 0. The van der Waals surface area contributed by atoms with E-state index in [2.05, 4.69) is 72.1 Å². The van der Waals surface area contributed by atoms with E-state index < -0.39 is 0 Å². The van der Waals surface area contributed by atoms with Crippen molar-refractivity contribution >= 4 is 0 Å². The van der Waals surface area contributed by atoms with Gasteiger partial charge in [0.1, 0.15) is 5.75 Å². The molecule has 0 aliphatic rings. The van der Waals surface area contributed by atoms with Gasteiger partial charge in [0.05, 0.1) is 7.11 Å². The zero-order chi connectivity index (χ0) is 18.8. The Morgan fingerprint density at radius 3 is 1.16 bits per heavy atom. The molecule has 3 heteroatoms. The highest BCUT2D eigenvalue weighted by molar-refractivity contribution is 5.25. The molecule has 0 bridgehead atoms. The minimum atomic E-state index is 0.910. The van der Waals surface area contributed by atoms with Crippen molar-refractivity contribution in [3.63, 3.8) is 0 Å². The monoisotopic (exact) mass is 338 g/mol. The lowest BCUT2D eigenvalue weighted by molar-refractivity contribution is 0.415. The molecule has 0 amide bonds. The van der Waals surface area contributed by atoms with E-state index in [0.29, 0.717) is 0 Å². The third kappa shape index (κ3) is 10.7. The molecular formula is C22H30N2O. The summed E-state index contributed by atoms with van der Waals surface area (Å²) in [6.45, 7) is 0. The molecule has 25 heavy (non-hydrogen) atoms. The van der Waals surface area contributed by atoms with Gasteiger partial charge in [0, 0.05) is 0 Å². The van der Waals surface area contributed by atoms with Crippen molar-refractivity contribution in [2.45, 2.75) is 6.42 Å². The highest BCUT2D eigenvalue weighted by Crippen LogP contribution is 2.08. The third-order valence-electron chi connectivity index (χ3n) is 3.07. The second-order valence-electron chi connectivity index (χ2n) is 4.67. The molecule has 0 atom stereocenters. The number of hydrogen-bond acceptors (Lipinski definition) is 3. The predicted molar refractivity (Wildman–Crippen MR) is 109 cm³/mol. The highest BCUT2D eigenvalue weighted by Gasteiger charge is 1.92. The van der Waals surface area contributed by atoms with Crippen LogP contribution < -0.4 is 16.2 Å². The average Bonchev–Trinajstić information content (AvgIpc) is 2.74. The Morgan fingerprint density at radius 2 is 0.880 bits per heavy atom. The number of ether oxygens (including phenoxy) is 1. The molecule has 0 radical (unpaired) electrons. The standard InChI is InChI=1S/C13H12.C7H8O.2CH5N/c1-3-7-12(8-4-1)11-13-9-5-2-6-10-13;1-8-7-5-3-2-4-6-7;2*1-2/h1-10H,11H2;2-6H,1H3;2*2H2,1H3. The van der Waals surface area contributed by atoms with E-state index in [-0.39, 0.29) is 0 Å². The van der Waals surface area contributed by atoms with Crippen molar-refractivity contribution < 1.29 is 4.74 Å². The van der Waals surface area contributed by atoms with Gasteiger partial charge in [-0.05, 0) is 43.8 Å². The third-order valence-corrected chi connectivity index (χ3v) is 3.07. The summed E-state index contributed by atoms with van der Waals surface area (Å²) in [5, 5.41) is 0. The van der Waals surface area contributed by atoms with Gasteiger partial charge in [0.2, 0.25) is 0 Å². The van der Waals surface area contributed by atoms with Crippen LogP contribution in [0.4, 0.5) is 0 Å². The Kier molecular flexibility index (Phi) is 14.5. The lowest BCUT2D eigenvalue weighted by atomic mass is 10.1. The van der Waals surface area contributed by atoms with Crippen LogP contribution in [0.3, 0.4) is 0 Å². The van der Waals surface area contributed by atoms with Gasteiger partial charge in [0.15, 0.2) is 0 Å². The topological polar surface area (TPSA) is 61.3 Å². The molecule has 134 valence electrons. The fourth-order valence-electron chi connectivity index (χ4n) is 1.98. The van der Waals surface area contributed by atoms with Gasteiger partial charge in [0.25, 0.3) is 0 Å². The summed E-state index contributed by atoms with van der Waals surface area (Å²) in [5.74, 6) is 0.910. The molecule has 0 fully saturated rings. The number of benzene rings is 3. The Balaban J connectivity index is 0.000000414. The molecule has 4 N–H and O–H groups in total. The molecule has 0 heterocycles. The molecular weight excluding hydrogens is 308 g/mol. The SMILES string of the molecule is CN.CN.COc1ccccc1.c1ccc(Cc2ccccc2)cc1. The van der Waals surface area contributed by atoms with Gasteiger partial charge >= 0.3 is 0 Å². The van der Waals surface area contributed by atoms with Crippen molar-refractivity contribution in [3.05, 3.63) is 102 Å². The molecule has 0 spiro atoms. The fraction of sp³-hybridized carbons (Fsp3) is 0.182. The van der Waals surface area contributed by atoms with Gasteiger partial charge in [-0.1, -0.05) is 78.9 Å². The molecule has 0 aliphatic heterocycles. The van der Waals surface area contributed by atoms with E-state index in [0.717, 1.165) is 12.2 Å². The van der Waals surface area contributed by atoms with E-state index in [1.807, 2.05) is 30.3 Å². The molecule has 0 saturated carbocycles. The second-order valence-corrected chi connectivity index (χ2v) is 4.67. The summed E-state index contributed by atoms with van der Waals surface area (Å²) in [6, 6.07) is 30.7. The first-order chi connectivity index (χ1) is 12.4. The lowest BCUT2D eigenvalue weighted by Gasteiger charge is -2.00.